The lowest BCUT2D eigenvalue weighted by molar-refractivity contribution is -0.154. The second-order valence-electron chi connectivity index (χ2n) is 5.62. The van der Waals surface area contributed by atoms with Crippen LogP contribution in [0.2, 0.25) is 0 Å². The van der Waals surface area contributed by atoms with Crippen molar-refractivity contribution in [2.24, 2.45) is 0 Å². The summed E-state index contributed by atoms with van der Waals surface area (Å²) in [5, 5.41) is 0. The van der Waals surface area contributed by atoms with E-state index >= 15 is 0 Å². The van der Waals surface area contributed by atoms with Crippen LogP contribution in [-0.2, 0) is 4.74 Å². The second-order valence-corrected chi connectivity index (χ2v) is 5.62. The van der Waals surface area contributed by atoms with Crippen molar-refractivity contribution in [2.75, 3.05) is 20.3 Å². The molecule has 0 aliphatic rings. The zero-order valence-corrected chi connectivity index (χ0v) is 14.6. The Balaban J connectivity index is 2.13. The quantitative estimate of drug-likeness (QED) is 0.442. The van der Waals surface area contributed by atoms with Gasteiger partial charge in [0.05, 0.1) is 13.4 Å². The number of ether oxygens (including phenoxy) is 3. The van der Waals surface area contributed by atoms with Crippen molar-refractivity contribution in [2.45, 2.75) is 12.4 Å². The lowest BCUT2D eigenvalue weighted by Crippen LogP contribution is -2.19. The first kappa shape index (κ1) is 21.5. The average molecular weight is 406 g/mol. The lowest BCUT2D eigenvalue weighted by atomic mass is 9.99. The highest BCUT2D eigenvalue weighted by Crippen LogP contribution is 2.28. The van der Waals surface area contributed by atoms with Gasteiger partial charge in [-0.25, -0.2) is 0 Å². The van der Waals surface area contributed by atoms with Crippen molar-refractivity contribution < 1.29 is 40.6 Å². The Hall–Kier alpha value is -2.84. The number of halogens is 6. The summed E-state index contributed by atoms with van der Waals surface area (Å²) in [6.07, 6.45) is -7.46. The first-order valence-electron chi connectivity index (χ1n) is 7.90. The Labute approximate surface area is 157 Å². The third kappa shape index (κ3) is 7.05. The van der Waals surface area contributed by atoms with Crippen molar-refractivity contribution in [3.63, 3.8) is 0 Å². The van der Waals surface area contributed by atoms with Crippen LogP contribution in [0.1, 0.15) is 11.1 Å². The summed E-state index contributed by atoms with van der Waals surface area (Å²) in [6.45, 7) is -2.79. The van der Waals surface area contributed by atoms with Crippen LogP contribution in [0, 0.1) is 0 Å². The molecule has 3 nitrogen and oxygen atoms in total. The van der Waals surface area contributed by atoms with Gasteiger partial charge in [0.1, 0.15) is 11.5 Å². The molecule has 152 valence electrons. The van der Waals surface area contributed by atoms with Crippen molar-refractivity contribution in [1.82, 2.24) is 0 Å². The lowest BCUT2D eigenvalue weighted by Gasteiger charge is -2.12. The largest absolute Gasteiger partial charge is 0.504 e. The third-order valence-corrected chi connectivity index (χ3v) is 3.37. The molecule has 0 heterocycles. The maximum Gasteiger partial charge on any atom is 0.422 e. The van der Waals surface area contributed by atoms with Crippen LogP contribution in [0.15, 0.2) is 54.8 Å². The average Bonchev–Trinajstić information content (AvgIpc) is 2.63. The molecule has 0 spiro atoms. The second kappa shape index (κ2) is 8.90. The summed E-state index contributed by atoms with van der Waals surface area (Å²) in [5.41, 5.74) is 1.81. The number of benzene rings is 2. The van der Waals surface area contributed by atoms with E-state index in [0.717, 1.165) is 0 Å². The third-order valence-electron chi connectivity index (χ3n) is 3.37. The Bertz CT molecular complexity index is 714. The minimum atomic E-state index is -4.43. The molecule has 0 amide bonds. The number of methoxy groups -OCH3 is 1. The molecule has 2 aromatic carbocycles. The van der Waals surface area contributed by atoms with Gasteiger partial charge in [-0.1, -0.05) is 24.3 Å². The standard InChI is InChI=1S/C19H16F6O3/c1-26-10-17(13-2-6-15(7-3-13)27-11-18(20,21)22)14-4-8-16(9-5-14)28-12-19(23,24)25/h2-10H,11-12H2,1H3. The van der Waals surface area contributed by atoms with E-state index in [1.807, 2.05) is 0 Å². The zero-order valence-electron chi connectivity index (χ0n) is 14.6. The van der Waals surface area contributed by atoms with Crippen LogP contribution in [0.4, 0.5) is 26.3 Å². The van der Waals surface area contributed by atoms with Gasteiger partial charge in [0.25, 0.3) is 0 Å². The van der Waals surface area contributed by atoms with Gasteiger partial charge in [-0.05, 0) is 35.4 Å². The van der Waals surface area contributed by atoms with Crippen molar-refractivity contribution in [1.29, 1.82) is 0 Å². The molecule has 2 rings (SSSR count). The summed E-state index contributed by atoms with van der Waals surface area (Å²) in [6, 6.07) is 11.7. The van der Waals surface area contributed by atoms with Crippen LogP contribution < -0.4 is 9.47 Å². The van der Waals surface area contributed by atoms with E-state index < -0.39 is 25.6 Å². The molecular formula is C19H16F6O3. The van der Waals surface area contributed by atoms with Crippen LogP contribution in [-0.4, -0.2) is 32.7 Å². The summed E-state index contributed by atoms with van der Waals surface area (Å²) < 4.78 is 87.5. The first-order valence-corrected chi connectivity index (χ1v) is 7.90. The van der Waals surface area contributed by atoms with Crippen LogP contribution in [0.3, 0.4) is 0 Å². The summed E-state index contributed by atoms with van der Waals surface area (Å²) >= 11 is 0. The van der Waals surface area contributed by atoms with E-state index in [9.17, 15) is 26.3 Å². The molecule has 0 aliphatic heterocycles. The molecule has 2 aromatic rings. The zero-order chi connectivity index (χ0) is 20.8. The Morgan fingerprint density at radius 1 is 0.714 bits per heavy atom. The molecule has 0 atom stereocenters. The van der Waals surface area contributed by atoms with Gasteiger partial charge in [-0.15, -0.1) is 0 Å². The molecule has 0 bridgehead atoms. The maximum atomic E-state index is 12.2. The summed E-state index contributed by atoms with van der Waals surface area (Å²) in [4.78, 5) is 0. The fourth-order valence-corrected chi connectivity index (χ4v) is 2.21. The predicted octanol–water partition coefficient (Wildman–Crippen LogP) is 5.60. The van der Waals surface area contributed by atoms with Gasteiger partial charge < -0.3 is 14.2 Å². The van der Waals surface area contributed by atoms with Crippen molar-refractivity contribution in [3.05, 3.63) is 65.9 Å². The maximum absolute atomic E-state index is 12.2. The molecule has 0 radical (unpaired) electrons. The Morgan fingerprint density at radius 2 is 1.07 bits per heavy atom. The monoisotopic (exact) mass is 406 g/mol. The summed E-state index contributed by atoms with van der Waals surface area (Å²) in [7, 11) is 1.42. The molecule has 0 aliphatic carbocycles. The smallest absolute Gasteiger partial charge is 0.422 e. The molecule has 0 saturated heterocycles. The minimum absolute atomic E-state index is 0.0498. The number of rotatable bonds is 7. The first-order chi connectivity index (χ1) is 13.1. The SMILES string of the molecule is COC=C(c1ccc(OCC(F)(F)F)cc1)c1ccc(OCC(F)(F)F)cc1. The van der Waals surface area contributed by atoms with E-state index in [2.05, 4.69) is 9.47 Å². The van der Waals surface area contributed by atoms with Gasteiger partial charge in [0.15, 0.2) is 13.2 Å². The van der Waals surface area contributed by atoms with Gasteiger partial charge in [0.2, 0.25) is 0 Å². The van der Waals surface area contributed by atoms with Gasteiger partial charge >= 0.3 is 12.4 Å². The number of alkyl halides is 6. The topological polar surface area (TPSA) is 27.7 Å². The van der Waals surface area contributed by atoms with Gasteiger partial charge in [-0.2, -0.15) is 26.3 Å². The molecule has 28 heavy (non-hydrogen) atoms. The highest BCUT2D eigenvalue weighted by atomic mass is 19.4. The Kier molecular flexibility index (Phi) is 6.82. The van der Waals surface area contributed by atoms with Crippen molar-refractivity contribution in [3.8, 4) is 11.5 Å². The van der Waals surface area contributed by atoms with E-state index in [1.165, 1.54) is 37.6 Å². The molecule has 0 saturated carbocycles. The van der Waals surface area contributed by atoms with E-state index in [0.29, 0.717) is 16.7 Å². The molecular weight excluding hydrogens is 390 g/mol. The fourth-order valence-electron chi connectivity index (χ4n) is 2.21. The van der Waals surface area contributed by atoms with Gasteiger partial charge in [-0.3, -0.25) is 0 Å². The normalized spacial score (nSPS) is 11.7. The van der Waals surface area contributed by atoms with E-state index in [1.54, 1.807) is 24.3 Å². The fraction of sp³-hybridized carbons (Fsp3) is 0.263. The van der Waals surface area contributed by atoms with E-state index in [-0.39, 0.29) is 11.5 Å². The number of hydrogen-bond acceptors (Lipinski definition) is 3. The Morgan fingerprint density at radius 3 is 1.36 bits per heavy atom. The van der Waals surface area contributed by atoms with Crippen LogP contribution in [0.25, 0.3) is 5.57 Å². The molecule has 9 heteroatoms. The van der Waals surface area contributed by atoms with E-state index in [4.69, 9.17) is 4.74 Å². The molecule has 0 unspecified atom stereocenters. The molecule has 0 aromatic heterocycles. The summed E-state index contributed by atoms with van der Waals surface area (Å²) in [5.74, 6) is 0.0995. The number of hydrogen-bond donors (Lipinski definition) is 0. The molecule has 0 fully saturated rings. The minimum Gasteiger partial charge on any atom is -0.504 e. The molecule has 0 N–H and O–H groups in total. The van der Waals surface area contributed by atoms with Crippen LogP contribution in [0.5, 0.6) is 11.5 Å². The van der Waals surface area contributed by atoms with Crippen LogP contribution >= 0.6 is 0 Å². The highest BCUT2D eigenvalue weighted by Gasteiger charge is 2.29. The predicted molar refractivity (Wildman–Crippen MR) is 90.1 cm³/mol. The highest BCUT2D eigenvalue weighted by molar-refractivity contribution is 5.79. The van der Waals surface area contributed by atoms with Crippen molar-refractivity contribution >= 4 is 5.57 Å². The van der Waals surface area contributed by atoms with Gasteiger partial charge in [0, 0.05) is 5.57 Å².